The molecule has 2 fully saturated rings. The van der Waals surface area contributed by atoms with Gasteiger partial charge in [-0.15, -0.1) is 0 Å². The first kappa shape index (κ1) is 22.7. The van der Waals surface area contributed by atoms with Crippen LogP contribution in [-0.4, -0.2) is 78.8 Å². The maximum Gasteiger partial charge on any atom is 0.323 e. The van der Waals surface area contributed by atoms with Gasteiger partial charge in [0.25, 0.3) is 0 Å². The number of urea groups is 1. The predicted molar refractivity (Wildman–Crippen MR) is 127 cm³/mol. The molecule has 2 aliphatic rings. The number of aromatic nitrogens is 1. The molecule has 2 aromatic rings. The zero-order valence-electron chi connectivity index (χ0n) is 19.1. The zero-order chi connectivity index (χ0) is 22.2. The molecule has 1 aromatic heterocycles. The summed E-state index contributed by atoms with van der Waals surface area (Å²) in [5.74, 6) is 0.701. The van der Waals surface area contributed by atoms with Crippen LogP contribution in [0.4, 0.5) is 10.6 Å². The minimum absolute atomic E-state index is 0.0835. The number of carbonyl (C=O) groups excluding carboxylic acids is 1. The lowest BCUT2D eigenvalue weighted by Crippen LogP contribution is -2.64. The van der Waals surface area contributed by atoms with Crippen LogP contribution in [-0.2, 0) is 11.3 Å². The zero-order valence-corrected chi connectivity index (χ0v) is 19.1. The minimum Gasteiger partial charge on any atom is -0.381 e. The number of anilines is 1. The molecule has 0 atom stereocenters. The maximum absolute atomic E-state index is 13.0. The lowest BCUT2D eigenvalue weighted by Gasteiger charge is -2.51. The monoisotopic (exact) mass is 437 g/mol. The fourth-order valence-electron chi connectivity index (χ4n) is 4.86. The lowest BCUT2D eigenvalue weighted by molar-refractivity contribution is -0.0435. The SMILES string of the molecule is CCNC(=O)N(CC1(N2CCN(Cc3ccccc3)CC2)CCOCC1)c1ccccn1. The molecule has 7 nitrogen and oxygen atoms in total. The topological polar surface area (TPSA) is 60.9 Å². The molecule has 0 unspecified atom stereocenters. The molecule has 1 aromatic carbocycles. The van der Waals surface area contributed by atoms with Crippen LogP contribution in [0.2, 0.25) is 0 Å². The van der Waals surface area contributed by atoms with Crippen LogP contribution in [0.1, 0.15) is 25.3 Å². The molecular formula is C25H35N5O2. The van der Waals surface area contributed by atoms with E-state index in [1.165, 1.54) is 5.56 Å². The van der Waals surface area contributed by atoms with Crippen molar-refractivity contribution in [1.82, 2.24) is 20.1 Å². The molecular weight excluding hydrogens is 402 g/mol. The van der Waals surface area contributed by atoms with Crippen LogP contribution < -0.4 is 10.2 Å². The Balaban J connectivity index is 1.48. The Labute approximate surface area is 191 Å². The van der Waals surface area contributed by atoms with Gasteiger partial charge in [-0.2, -0.15) is 0 Å². The largest absolute Gasteiger partial charge is 0.381 e. The van der Waals surface area contributed by atoms with E-state index in [9.17, 15) is 4.79 Å². The van der Waals surface area contributed by atoms with Gasteiger partial charge in [0.2, 0.25) is 0 Å². The number of benzene rings is 1. The fourth-order valence-corrected chi connectivity index (χ4v) is 4.86. The molecule has 2 saturated heterocycles. The van der Waals surface area contributed by atoms with E-state index >= 15 is 0 Å². The third-order valence-electron chi connectivity index (χ3n) is 6.67. The number of carbonyl (C=O) groups is 1. The number of piperazine rings is 1. The van der Waals surface area contributed by atoms with Gasteiger partial charge in [-0.25, -0.2) is 9.78 Å². The second kappa shape index (κ2) is 10.9. The molecule has 0 spiro atoms. The summed E-state index contributed by atoms with van der Waals surface area (Å²) in [4.78, 5) is 24.5. The van der Waals surface area contributed by atoms with E-state index in [2.05, 4.69) is 50.4 Å². The van der Waals surface area contributed by atoms with Crippen LogP contribution >= 0.6 is 0 Å². The lowest BCUT2D eigenvalue weighted by atomic mass is 9.86. The molecule has 2 aliphatic heterocycles. The third-order valence-corrected chi connectivity index (χ3v) is 6.67. The third kappa shape index (κ3) is 5.46. The molecule has 172 valence electrons. The van der Waals surface area contributed by atoms with Crippen LogP contribution in [0.3, 0.4) is 0 Å². The van der Waals surface area contributed by atoms with Gasteiger partial charge in [-0.05, 0) is 37.5 Å². The number of hydrogen-bond donors (Lipinski definition) is 1. The molecule has 0 radical (unpaired) electrons. The van der Waals surface area contributed by atoms with E-state index in [4.69, 9.17) is 4.74 Å². The number of pyridine rings is 1. The van der Waals surface area contributed by atoms with Gasteiger partial charge in [0.05, 0.1) is 0 Å². The van der Waals surface area contributed by atoms with Crippen molar-refractivity contribution < 1.29 is 9.53 Å². The second-order valence-corrected chi connectivity index (χ2v) is 8.70. The van der Waals surface area contributed by atoms with Crippen LogP contribution in [0.15, 0.2) is 54.7 Å². The van der Waals surface area contributed by atoms with E-state index in [1.807, 2.05) is 30.0 Å². The second-order valence-electron chi connectivity index (χ2n) is 8.70. The maximum atomic E-state index is 13.0. The smallest absolute Gasteiger partial charge is 0.323 e. The van der Waals surface area contributed by atoms with Crippen molar-refractivity contribution in [2.75, 3.05) is 57.4 Å². The van der Waals surface area contributed by atoms with Gasteiger partial charge < -0.3 is 10.1 Å². The number of nitrogens with zero attached hydrogens (tertiary/aromatic N) is 4. The summed E-state index contributed by atoms with van der Waals surface area (Å²) >= 11 is 0. The van der Waals surface area contributed by atoms with Gasteiger partial charge in [-0.3, -0.25) is 14.7 Å². The van der Waals surface area contributed by atoms with E-state index < -0.39 is 0 Å². The first-order chi connectivity index (χ1) is 15.7. The number of hydrogen-bond acceptors (Lipinski definition) is 5. The molecule has 0 saturated carbocycles. The number of rotatable bonds is 7. The first-order valence-corrected chi connectivity index (χ1v) is 11.8. The van der Waals surface area contributed by atoms with Crippen molar-refractivity contribution in [1.29, 1.82) is 0 Å². The summed E-state index contributed by atoms with van der Waals surface area (Å²) in [5, 5.41) is 2.98. The van der Waals surface area contributed by atoms with Crippen molar-refractivity contribution in [2.24, 2.45) is 0 Å². The van der Waals surface area contributed by atoms with E-state index in [0.717, 1.165) is 58.8 Å². The van der Waals surface area contributed by atoms with Gasteiger partial charge >= 0.3 is 6.03 Å². The average molecular weight is 438 g/mol. The first-order valence-electron chi connectivity index (χ1n) is 11.8. The summed E-state index contributed by atoms with van der Waals surface area (Å²) in [6, 6.07) is 16.3. The Morgan fingerprint density at radius 2 is 1.78 bits per heavy atom. The Morgan fingerprint density at radius 3 is 2.44 bits per heavy atom. The molecule has 7 heteroatoms. The summed E-state index contributed by atoms with van der Waals surface area (Å²) < 4.78 is 5.74. The Morgan fingerprint density at radius 1 is 1.06 bits per heavy atom. The Hall–Kier alpha value is -2.48. The predicted octanol–water partition coefficient (Wildman–Crippen LogP) is 2.98. The van der Waals surface area contributed by atoms with Gasteiger partial charge in [-0.1, -0.05) is 36.4 Å². The highest BCUT2D eigenvalue weighted by atomic mass is 16.5. The number of amides is 2. The van der Waals surface area contributed by atoms with E-state index in [1.54, 1.807) is 6.20 Å². The molecule has 2 amide bonds. The number of nitrogens with one attached hydrogen (secondary N) is 1. The molecule has 3 heterocycles. The van der Waals surface area contributed by atoms with Crippen LogP contribution in [0.25, 0.3) is 0 Å². The summed E-state index contributed by atoms with van der Waals surface area (Å²) in [6.07, 6.45) is 3.60. The summed E-state index contributed by atoms with van der Waals surface area (Å²) in [6.45, 7) is 9.68. The van der Waals surface area contributed by atoms with Crippen molar-refractivity contribution in [3.05, 3.63) is 60.3 Å². The molecule has 1 N–H and O–H groups in total. The molecule has 32 heavy (non-hydrogen) atoms. The van der Waals surface area contributed by atoms with Crippen molar-refractivity contribution in [3.8, 4) is 0 Å². The summed E-state index contributed by atoms with van der Waals surface area (Å²) in [5.41, 5.74) is 1.26. The fraction of sp³-hybridized carbons (Fsp3) is 0.520. The van der Waals surface area contributed by atoms with Crippen molar-refractivity contribution in [2.45, 2.75) is 31.8 Å². The Bertz CT molecular complexity index is 834. The Kier molecular flexibility index (Phi) is 7.73. The normalized spacial score (nSPS) is 19.4. The van der Waals surface area contributed by atoms with Crippen LogP contribution in [0, 0.1) is 0 Å². The van der Waals surface area contributed by atoms with Crippen LogP contribution in [0.5, 0.6) is 0 Å². The minimum atomic E-state index is -0.0975. The van der Waals surface area contributed by atoms with Gasteiger partial charge in [0, 0.05) is 70.8 Å². The average Bonchev–Trinajstić information content (AvgIpc) is 2.85. The quantitative estimate of drug-likeness (QED) is 0.722. The highest BCUT2D eigenvalue weighted by Gasteiger charge is 2.42. The standard InChI is InChI=1S/C25H35N5O2/c1-2-26-24(31)30(23-10-6-7-13-27-23)21-25(11-18-32-19-12-25)29-16-14-28(15-17-29)20-22-8-4-3-5-9-22/h3-10,13H,2,11-12,14-21H2,1H3,(H,26,31). The molecule has 4 rings (SSSR count). The van der Waals surface area contributed by atoms with Gasteiger partial charge in [0.1, 0.15) is 5.82 Å². The molecule has 0 aliphatic carbocycles. The van der Waals surface area contributed by atoms with Crippen molar-refractivity contribution in [3.63, 3.8) is 0 Å². The van der Waals surface area contributed by atoms with Gasteiger partial charge in [0.15, 0.2) is 0 Å². The van der Waals surface area contributed by atoms with Crippen molar-refractivity contribution >= 4 is 11.8 Å². The van der Waals surface area contributed by atoms with E-state index in [0.29, 0.717) is 18.9 Å². The highest BCUT2D eigenvalue weighted by Crippen LogP contribution is 2.32. The molecule has 0 bridgehead atoms. The highest BCUT2D eigenvalue weighted by molar-refractivity contribution is 5.91. The summed E-state index contributed by atoms with van der Waals surface area (Å²) in [7, 11) is 0. The van der Waals surface area contributed by atoms with E-state index in [-0.39, 0.29) is 11.6 Å². The number of ether oxygens (including phenoxy) is 1.